The maximum absolute atomic E-state index is 10.6. The molecule has 1 heterocycles. The van der Waals surface area contributed by atoms with Crippen molar-refractivity contribution in [1.82, 2.24) is 4.81 Å². The molecule has 1 fully saturated rings. The number of amides is 2. The minimum Gasteiger partial charge on any atom is -0.336 e. The Hall–Kier alpha value is -0.445. The van der Waals surface area contributed by atoms with Gasteiger partial charge in [0.15, 0.2) is 5.25 Å². The third kappa shape index (κ3) is 0.964. The normalized spacial score (nSPS) is 27.7. The van der Waals surface area contributed by atoms with Crippen LogP contribution >= 0.6 is 0 Å². The van der Waals surface area contributed by atoms with E-state index in [0.29, 0.717) is 4.81 Å². The van der Waals surface area contributed by atoms with E-state index in [1.807, 2.05) is 0 Å². The number of imide groups is 1. The Kier molecular flexibility index (Phi) is 1.53. The van der Waals surface area contributed by atoms with Crippen LogP contribution in [0, 0.1) is 0 Å². The zero-order valence-corrected chi connectivity index (χ0v) is 5.63. The molecule has 5 heteroatoms. The average molecular weight is 142 g/mol. The summed E-state index contributed by atoms with van der Waals surface area (Å²) in [6.45, 7) is 0. The van der Waals surface area contributed by atoms with E-state index in [-0.39, 0.29) is 18.2 Å². The van der Waals surface area contributed by atoms with Crippen LogP contribution in [0.25, 0.3) is 0 Å². The zero-order chi connectivity index (χ0) is 7.02. The summed E-state index contributed by atoms with van der Waals surface area (Å²) in [6.07, 6.45) is 0.173. The second-order valence-electron chi connectivity index (χ2n) is 1.86. The highest BCUT2D eigenvalue weighted by atomic mass is 32.1. The molecule has 0 bridgehead atoms. The number of hydrogen-bond donors (Lipinski definition) is 0. The second-order valence-corrected chi connectivity index (χ2v) is 2.56. The van der Waals surface area contributed by atoms with Gasteiger partial charge >= 0.3 is 0 Å². The standard InChI is InChI=1S/C4H4BNO2S/c5-6-3(7)1-2(9)4(6)8/h2,9H,1H2/p+1. The summed E-state index contributed by atoms with van der Waals surface area (Å²) in [6, 6.07) is 0. The van der Waals surface area contributed by atoms with E-state index in [9.17, 15) is 9.59 Å². The summed E-state index contributed by atoms with van der Waals surface area (Å²) in [5, 5.41) is -0.414. The van der Waals surface area contributed by atoms with Gasteiger partial charge in [0.25, 0.3) is 5.91 Å². The van der Waals surface area contributed by atoms with Gasteiger partial charge < -0.3 is 4.81 Å². The van der Waals surface area contributed by atoms with Crippen molar-refractivity contribution in [2.45, 2.75) is 11.7 Å². The van der Waals surface area contributed by atoms with Crippen molar-refractivity contribution in [3.63, 3.8) is 0 Å². The second kappa shape index (κ2) is 2.06. The molecule has 0 aromatic carbocycles. The molecule has 1 aliphatic rings. The van der Waals surface area contributed by atoms with Crippen molar-refractivity contribution in [1.29, 1.82) is 0 Å². The molecule has 0 aliphatic carbocycles. The highest BCUT2D eigenvalue weighted by Gasteiger charge is 2.36. The summed E-state index contributed by atoms with van der Waals surface area (Å²) in [7, 11) is 5.02. The van der Waals surface area contributed by atoms with Crippen molar-refractivity contribution >= 4 is 32.4 Å². The van der Waals surface area contributed by atoms with Crippen molar-refractivity contribution in [2.24, 2.45) is 0 Å². The summed E-state index contributed by atoms with van der Waals surface area (Å²) in [5.41, 5.74) is 0. The molecule has 46 valence electrons. The van der Waals surface area contributed by atoms with E-state index >= 15 is 0 Å². The first-order chi connectivity index (χ1) is 4.13. The molecule has 1 aliphatic heterocycles. The third-order valence-corrected chi connectivity index (χ3v) is 1.63. The van der Waals surface area contributed by atoms with Crippen LogP contribution in [0.4, 0.5) is 0 Å². The quantitative estimate of drug-likeness (QED) is 0.227. The summed E-state index contributed by atoms with van der Waals surface area (Å²) >= 11 is 3.04. The smallest absolute Gasteiger partial charge is 0.269 e. The van der Waals surface area contributed by atoms with Gasteiger partial charge in [-0.15, -0.1) is 0 Å². The lowest BCUT2D eigenvalue weighted by molar-refractivity contribution is -0.132. The van der Waals surface area contributed by atoms with Gasteiger partial charge in [0.05, 0.1) is 6.42 Å². The van der Waals surface area contributed by atoms with Crippen molar-refractivity contribution in [2.75, 3.05) is 0 Å². The van der Waals surface area contributed by atoms with Gasteiger partial charge in [0, 0.05) is 0 Å². The van der Waals surface area contributed by atoms with E-state index in [0.717, 1.165) is 0 Å². The lowest BCUT2D eigenvalue weighted by atomic mass is 10.3. The molecule has 1 rings (SSSR count). The van der Waals surface area contributed by atoms with Gasteiger partial charge in [-0.05, 0) is 12.6 Å². The zero-order valence-electron chi connectivity index (χ0n) is 4.63. The Bertz CT molecular complexity index is 172. The van der Waals surface area contributed by atoms with Crippen LogP contribution in [0.2, 0.25) is 0 Å². The Morgan fingerprint density at radius 3 is 2.33 bits per heavy atom. The summed E-state index contributed by atoms with van der Waals surface area (Å²) < 4.78 is 0. The van der Waals surface area contributed by atoms with Crippen LogP contribution in [-0.2, 0) is 22.2 Å². The summed E-state index contributed by atoms with van der Waals surface area (Å²) in [5.74, 6) is -0.698. The Morgan fingerprint density at radius 1 is 1.67 bits per heavy atom. The molecular weight excluding hydrogens is 137 g/mol. The molecule has 0 saturated carbocycles. The SMILES string of the molecule is [B]N1C(=O)CC([SH2+])C1=O. The van der Waals surface area contributed by atoms with E-state index < -0.39 is 5.25 Å². The molecule has 0 aromatic rings. The average Bonchev–Trinajstić information content (AvgIpc) is 1.98. The minimum absolute atomic E-state index is 0.173. The number of rotatable bonds is 0. The van der Waals surface area contributed by atoms with E-state index in [1.165, 1.54) is 0 Å². The van der Waals surface area contributed by atoms with Crippen LogP contribution < -0.4 is 0 Å². The van der Waals surface area contributed by atoms with E-state index in [2.05, 4.69) is 12.6 Å². The molecule has 2 radical (unpaired) electrons. The number of hydrogen-bond acceptors (Lipinski definition) is 2. The molecule has 0 aromatic heterocycles. The van der Waals surface area contributed by atoms with E-state index in [1.54, 1.807) is 0 Å². The molecule has 1 atom stereocenters. The number of nitrogens with zero attached hydrogens (tertiary/aromatic N) is 1. The van der Waals surface area contributed by atoms with Crippen LogP contribution in [0.15, 0.2) is 0 Å². The first-order valence-corrected chi connectivity index (χ1v) is 3.03. The van der Waals surface area contributed by atoms with Gasteiger partial charge in [-0.2, -0.15) is 0 Å². The monoisotopic (exact) mass is 142 g/mol. The van der Waals surface area contributed by atoms with E-state index in [4.69, 9.17) is 7.98 Å². The highest BCUT2D eigenvalue weighted by molar-refractivity contribution is 7.60. The predicted octanol–water partition coefficient (Wildman–Crippen LogP) is -1.79. The Labute approximate surface area is 59.2 Å². The molecule has 9 heavy (non-hydrogen) atoms. The van der Waals surface area contributed by atoms with Gasteiger partial charge in [-0.3, -0.25) is 9.59 Å². The number of carbonyl (C=O) groups excluding carboxylic acids is 2. The Morgan fingerprint density at radius 2 is 2.22 bits per heavy atom. The topological polar surface area (TPSA) is 37.4 Å². The van der Waals surface area contributed by atoms with Crippen LogP contribution in [-0.4, -0.2) is 29.9 Å². The maximum atomic E-state index is 10.6. The first kappa shape index (κ1) is 6.67. The first-order valence-electron chi connectivity index (χ1n) is 2.45. The lowest BCUT2D eigenvalue weighted by Gasteiger charge is -2.01. The summed E-state index contributed by atoms with van der Waals surface area (Å²) in [4.78, 5) is 21.8. The largest absolute Gasteiger partial charge is 0.336 e. The fourth-order valence-corrected chi connectivity index (χ4v) is 0.965. The van der Waals surface area contributed by atoms with Gasteiger partial charge in [0.2, 0.25) is 13.9 Å². The van der Waals surface area contributed by atoms with Crippen molar-refractivity contribution in [3.05, 3.63) is 0 Å². The van der Waals surface area contributed by atoms with Crippen LogP contribution in [0.5, 0.6) is 0 Å². The molecule has 1 saturated heterocycles. The van der Waals surface area contributed by atoms with Crippen molar-refractivity contribution < 1.29 is 9.59 Å². The van der Waals surface area contributed by atoms with Gasteiger partial charge in [-0.1, -0.05) is 0 Å². The molecule has 1 unspecified atom stereocenters. The lowest BCUT2D eigenvalue weighted by Crippen LogP contribution is -2.28. The molecular formula is C4H5BNO2S+. The van der Waals surface area contributed by atoms with Crippen LogP contribution in [0.3, 0.4) is 0 Å². The fraction of sp³-hybridized carbons (Fsp3) is 0.500. The molecule has 0 spiro atoms. The third-order valence-electron chi connectivity index (χ3n) is 1.18. The fourth-order valence-electron chi connectivity index (χ4n) is 0.651. The van der Waals surface area contributed by atoms with Gasteiger partial charge in [0.1, 0.15) is 0 Å². The Balaban J connectivity index is 2.77. The molecule has 2 amide bonds. The minimum atomic E-state index is -0.414. The molecule has 3 nitrogen and oxygen atoms in total. The number of carbonyl (C=O) groups is 2. The van der Waals surface area contributed by atoms with Crippen molar-refractivity contribution in [3.8, 4) is 0 Å². The highest BCUT2D eigenvalue weighted by Crippen LogP contribution is 2.09. The van der Waals surface area contributed by atoms with Crippen LogP contribution in [0.1, 0.15) is 6.42 Å². The maximum Gasteiger partial charge on any atom is 0.269 e. The van der Waals surface area contributed by atoms with Gasteiger partial charge in [-0.25, -0.2) is 0 Å². The predicted molar refractivity (Wildman–Crippen MR) is 36.2 cm³/mol. The molecule has 0 N–H and O–H groups in total.